The van der Waals surface area contributed by atoms with Gasteiger partial charge in [0.05, 0.1) is 0 Å². The number of nitrogens with one attached hydrogen (secondary N) is 2. The van der Waals surface area contributed by atoms with Crippen molar-refractivity contribution in [2.45, 2.75) is 57.5 Å². The number of hydrogen-bond acceptors (Lipinski definition) is 4. The van der Waals surface area contributed by atoms with E-state index in [1.165, 1.54) is 11.1 Å². The van der Waals surface area contributed by atoms with Crippen molar-refractivity contribution in [2.24, 2.45) is 5.92 Å². The molecule has 2 aliphatic heterocycles. The van der Waals surface area contributed by atoms with Gasteiger partial charge in [0.2, 0.25) is 5.91 Å². The summed E-state index contributed by atoms with van der Waals surface area (Å²) >= 11 is 0. The Balaban J connectivity index is 1.25. The van der Waals surface area contributed by atoms with E-state index < -0.39 is 11.6 Å². The van der Waals surface area contributed by atoms with Crippen molar-refractivity contribution in [1.29, 1.82) is 0 Å². The van der Waals surface area contributed by atoms with E-state index >= 15 is 0 Å². The zero-order chi connectivity index (χ0) is 21.3. The molecule has 4 amide bonds. The first kappa shape index (κ1) is 20.8. The fourth-order valence-electron chi connectivity index (χ4n) is 4.89. The Morgan fingerprint density at radius 2 is 1.70 bits per heavy atom. The lowest BCUT2D eigenvalue weighted by molar-refractivity contribution is -0.140. The minimum Gasteiger partial charge on any atom is -0.340 e. The summed E-state index contributed by atoms with van der Waals surface area (Å²) in [5.74, 6) is 0.461. The van der Waals surface area contributed by atoms with Crippen molar-refractivity contribution in [3.8, 4) is 0 Å². The molecule has 0 unspecified atom stereocenters. The van der Waals surface area contributed by atoms with Crippen LogP contribution in [-0.2, 0) is 16.1 Å². The Kier molecular flexibility index (Phi) is 5.82. The van der Waals surface area contributed by atoms with E-state index in [2.05, 4.69) is 53.6 Å². The molecule has 2 saturated heterocycles. The van der Waals surface area contributed by atoms with E-state index in [0.717, 1.165) is 32.7 Å². The smallest absolute Gasteiger partial charge is 0.322 e. The number of benzene rings is 1. The topological polar surface area (TPSA) is 81.8 Å². The number of imide groups is 1. The van der Waals surface area contributed by atoms with Gasteiger partial charge < -0.3 is 10.2 Å². The van der Waals surface area contributed by atoms with Gasteiger partial charge >= 0.3 is 6.03 Å². The van der Waals surface area contributed by atoms with E-state index in [0.29, 0.717) is 31.6 Å². The molecule has 3 fully saturated rings. The van der Waals surface area contributed by atoms with Crippen LogP contribution in [0.15, 0.2) is 24.3 Å². The van der Waals surface area contributed by atoms with Crippen molar-refractivity contribution >= 4 is 17.8 Å². The molecular formula is C23H32N4O3. The fraction of sp³-hybridized carbons (Fsp3) is 0.609. The van der Waals surface area contributed by atoms with Gasteiger partial charge in [-0.05, 0) is 42.7 Å². The molecule has 1 spiro atoms. The van der Waals surface area contributed by atoms with Gasteiger partial charge in [-0.25, -0.2) is 4.79 Å². The molecule has 0 atom stereocenters. The lowest BCUT2D eigenvalue weighted by Crippen LogP contribution is -2.53. The lowest BCUT2D eigenvalue weighted by atomic mass is 9.76. The average molecular weight is 413 g/mol. The van der Waals surface area contributed by atoms with Crippen LogP contribution in [0.4, 0.5) is 4.79 Å². The maximum absolute atomic E-state index is 13.0. The zero-order valence-corrected chi connectivity index (χ0v) is 17.9. The van der Waals surface area contributed by atoms with Gasteiger partial charge in [-0.3, -0.25) is 19.8 Å². The molecule has 3 aliphatic rings. The van der Waals surface area contributed by atoms with Crippen LogP contribution in [0, 0.1) is 5.92 Å². The summed E-state index contributed by atoms with van der Waals surface area (Å²) in [6, 6.07) is 8.43. The van der Waals surface area contributed by atoms with E-state index in [-0.39, 0.29) is 17.7 Å². The monoisotopic (exact) mass is 412 g/mol. The predicted octanol–water partition coefficient (Wildman–Crippen LogP) is 2.22. The molecule has 0 aromatic heterocycles. The highest BCUT2D eigenvalue weighted by molar-refractivity contribution is 6.07. The van der Waals surface area contributed by atoms with Gasteiger partial charge in [0, 0.05) is 38.6 Å². The number of hydrogen-bond donors (Lipinski definition) is 2. The van der Waals surface area contributed by atoms with Crippen LogP contribution in [0.5, 0.6) is 0 Å². The maximum Gasteiger partial charge on any atom is 0.322 e. The normalized spacial score (nSPS) is 27.4. The van der Waals surface area contributed by atoms with Gasteiger partial charge in [0.25, 0.3) is 5.91 Å². The molecule has 0 radical (unpaired) electrons. The Morgan fingerprint density at radius 3 is 2.23 bits per heavy atom. The first-order valence-corrected chi connectivity index (χ1v) is 11.1. The quantitative estimate of drug-likeness (QED) is 0.743. The molecule has 1 aliphatic carbocycles. The fourth-order valence-corrected chi connectivity index (χ4v) is 4.89. The van der Waals surface area contributed by atoms with E-state index in [9.17, 15) is 14.4 Å². The Morgan fingerprint density at radius 1 is 1.07 bits per heavy atom. The van der Waals surface area contributed by atoms with Crippen LogP contribution in [-0.4, -0.2) is 59.4 Å². The number of rotatable bonds is 4. The first-order valence-electron chi connectivity index (χ1n) is 11.1. The number of piperazine rings is 1. The Hall–Kier alpha value is -2.41. The molecule has 2 N–H and O–H groups in total. The molecule has 7 nitrogen and oxygen atoms in total. The summed E-state index contributed by atoms with van der Waals surface area (Å²) in [6.07, 6.45) is 2.37. The van der Waals surface area contributed by atoms with Crippen LogP contribution in [0.3, 0.4) is 0 Å². The average Bonchev–Trinajstić information content (AvgIpc) is 3.01. The highest BCUT2D eigenvalue weighted by Crippen LogP contribution is 2.35. The van der Waals surface area contributed by atoms with E-state index in [1.807, 2.05) is 4.90 Å². The zero-order valence-electron chi connectivity index (χ0n) is 17.9. The van der Waals surface area contributed by atoms with Crippen LogP contribution in [0.1, 0.15) is 56.6 Å². The molecule has 4 rings (SSSR count). The molecule has 1 aromatic rings. The number of carbonyl (C=O) groups excluding carboxylic acids is 3. The molecule has 1 aromatic carbocycles. The van der Waals surface area contributed by atoms with E-state index in [4.69, 9.17) is 0 Å². The third-order valence-electron chi connectivity index (χ3n) is 6.94. The molecule has 0 bridgehead atoms. The number of carbonyl (C=O) groups is 3. The van der Waals surface area contributed by atoms with Gasteiger partial charge in [-0.1, -0.05) is 38.1 Å². The summed E-state index contributed by atoms with van der Waals surface area (Å²) in [6.45, 7) is 8.59. The largest absolute Gasteiger partial charge is 0.340 e. The Labute approximate surface area is 178 Å². The minimum absolute atomic E-state index is 0.0453. The summed E-state index contributed by atoms with van der Waals surface area (Å²) in [5.41, 5.74) is 1.88. The van der Waals surface area contributed by atoms with Gasteiger partial charge in [-0.15, -0.1) is 0 Å². The lowest BCUT2D eigenvalue weighted by Gasteiger charge is -2.39. The first-order chi connectivity index (χ1) is 14.4. The van der Waals surface area contributed by atoms with Crippen LogP contribution < -0.4 is 10.6 Å². The summed E-state index contributed by atoms with van der Waals surface area (Å²) in [4.78, 5) is 40.9. The van der Waals surface area contributed by atoms with Crippen molar-refractivity contribution < 1.29 is 14.4 Å². The highest BCUT2D eigenvalue weighted by atomic mass is 16.2. The van der Waals surface area contributed by atoms with Crippen molar-refractivity contribution in [3.05, 3.63) is 35.4 Å². The summed E-state index contributed by atoms with van der Waals surface area (Å²) in [5, 5.41) is 5.09. The summed E-state index contributed by atoms with van der Waals surface area (Å²) < 4.78 is 0. The third kappa shape index (κ3) is 4.21. The number of nitrogens with zero attached hydrogens (tertiary/aromatic N) is 2. The van der Waals surface area contributed by atoms with Crippen LogP contribution in [0.25, 0.3) is 0 Å². The number of urea groups is 1. The molecular weight excluding hydrogens is 380 g/mol. The van der Waals surface area contributed by atoms with Gasteiger partial charge in [0.15, 0.2) is 0 Å². The molecule has 162 valence electrons. The maximum atomic E-state index is 13.0. The van der Waals surface area contributed by atoms with Crippen molar-refractivity contribution in [2.75, 3.05) is 26.2 Å². The minimum atomic E-state index is -0.794. The number of amides is 4. The standard InChI is InChI=1S/C23H32N4O3/c1-16(2)18-5-3-17(4-6-18)15-26-11-13-27(14-12-26)20(28)19-7-9-23(10-8-19)21(29)24-22(30)25-23/h3-6,16,19H,7-15H2,1-2H3,(H2,24,25,29,30). The SMILES string of the molecule is CC(C)c1ccc(CN2CCN(C(=O)C3CCC4(CC3)NC(=O)NC4=O)CC2)cc1. The molecule has 30 heavy (non-hydrogen) atoms. The third-order valence-corrected chi connectivity index (χ3v) is 6.94. The second-order valence-corrected chi connectivity index (χ2v) is 9.26. The van der Waals surface area contributed by atoms with Crippen LogP contribution in [0.2, 0.25) is 0 Å². The molecule has 1 saturated carbocycles. The highest BCUT2D eigenvalue weighted by Gasteiger charge is 2.49. The van der Waals surface area contributed by atoms with Gasteiger partial charge in [0.1, 0.15) is 5.54 Å². The van der Waals surface area contributed by atoms with E-state index in [1.54, 1.807) is 0 Å². The predicted molar refractivity (Wildman–Crippen MR) is 114 cm³/mol. The molecule has 2 heterocycles. The second kappa shape index (κ2) is 8.38. The second-order valence-electron chi connectivity index (χ2n) is 9.26. The van der Waals surface area contributed by atoms with Gasteiger partial charge in [-0.2, -0.15) is 0 Å². The Bertz CT molecular complexity index is 804. The summed E-state index contributed by atoms with van der Waals surface area (Å²) in [7, 11) is 0. The van der Waals surface area contributed by atoms with Crippen LogP contribution >= 0.6 is 0 Å². The molecule has 7 heteroatoms. The van der Waals surface area contributed by atoms with Crippen molar-refractivity contribution in [1.82, 2.24) is 20.4 Å². The van der Waals surface area contributed by atoms with Crippen molar-refractivity contribution in [3.63, 3.8) is 0 Å².